The van der Waals surface area contributed by atoms with E-state index in [1.165, 1.54) is 6.07 Å². The van der Waals surface area contributed by atoms with Gasteiger partial charge in [-0.2, -0.15) is 0 Å². The maximum absolute atomic E-state index is 13.5. The van der Waals surface area contributed by atoms with Gasteiger partial charge in [0.25, 0.3) is 0 Å². The van der Waals surface area contributed by atoms with E-state index < -0.39 is 0 Å². The first kappa shape index (κ1) is 14.0. The molecule has 1 atom stereocenters. The molecule has 0 saturated carbocycles. The van der Waals surface area contributed by atoms with Crippen molar-refractivity contribution >= 4 is 0 Å². The second kappa shape index (κ2) is 6.60. The molecule has 17 heavy (non-hydrogen) atoms. The van der Waals surface area contributed by atoms with Gasteiger partial charge in [0.1, 0.15) is 11.6 Å². The van der Waals surface area contributed by atoms with E-state index in [4.69, 9.17) is 10.5 Å². The molecule has 2 nitrogen and oxygen atoms in total. The Morgan fingerprint density at radius 2 is 2.06 bits per heavy atom. The van der Waals surface area contributed by atoms with Crippen molar-refractivity contribution < 1.29 is 9.13 Å². The lowest BCUT2D eigenvalue weighted by Crippen LogP contribution is -2.10. The van der Waals surface area contributed by atoms with Crippen LogP contribution in [0.3, 0.4) is 0 Å². The number of hydrogen-bond donors (Lipinski definition) is 1. The molecule has 3 heteroatoms. The topological polar surface area (TPSA) is 35.2 Å². The summed E-state index contributed by atoms with van der Waals surface area (Å²) < 4.78 is 19.1. The molecule has 0 radical (unpaired) electrons. The number of ether oxygens (including phenoxy) is 1. The number of benzene rings is 1. The van der Waals surface area contributed by atoms with Gasteiger partial charge < -0.3 is 10.5 Å². The fourth-order valence-electron chi connectivity index (χ4n) is 1.69. The number of halogens is 1. The van der Waals surface area contributed by atoms with Crippen LogP contribution in [0.1, 0.15) is 50.3 Å². The molecule has 0 heterocycles. The van der Waals surface area contributed by atoms with E-state index in [1.54, 1.807) is 13.0 Å². The van der Waals surface area contributed by atoms with Gasteiger partial charge in [-0.05, 0) is 38.0 Å². The highest BCUT2D eigenvalue weighted by Crippen LogP contribution is 2.27. The molecular weight excluding hydrogens is 217 g/mol. The van der Waals surface area contributed by atoms with Crippen LogP contribution in [0, 0.1) is 12.7 Å². The Labute approximate surface area is 103 Å². The predicted molar refractivity (Wildman–Crippen MR) is 68.8 cm³/mol. The molecule has 0 saturated heterocycles. The second-order valence-electron chi connectivity index (χ2n) is 4.48. The number of unbranched alkanes of at least 4 members (excludes halogenated alkanes) is 2. The predicted octanol–water partition coefficient (Wildman–Crippen LogP) is 3.72. The summed E-state index contributed by atoms with van der Waals surface area (Å²) in [7, 11) is 0. The first-order chi connectivity index (χ1) is 8.06. The average Bonchev–Trinajstić information content (AvgIpc) is 2.28. The lowest BCUT2D eigenvalue weighted by atomic mass is 10.1. The number of aryl methyl sites for hydroxylation is 1. The SMILES string of the molecule is CCCCCOc1cc(C)c(F)cc1[C@H](C)N. The van der Waals surface area contributed by atoms with Crippen molar-refractivity contribution in [3.8, 4) is 5.75 Å². The van der Waals surface area contributed by atoms with Gasteiger partial charge in [-0.25, -0.2) is 4.39 Å². The van der Waals surface area contributed by atoms with Crippen molar-refractivity contribution in [3.05, 3.63) is 29.1 Å². The Kier molecular flexibility index (Phi) is 5.42. The van der Waals surface area contributed by atoms with Crippen molar-refractivity contribution in [2.24, 2.45) is 5.73 Å². The third kappa shape index (κ3) is 4.00. The number of hydrogen-bond acceptors (Lipinski definition) is 2. The zero-order chi connectivity index (χ0) is 12.8. The molecule has 0 bridgehead atoms. The summed E-state index contributed by atoms with van der Waals surface area (Å²) >= 11 is 0. The molecule has 2 N–H and O–H groups in total. The number of rotatable bonds is 6. The highest BCUT2D eigenvalue weighted by molar-refractivity contribution is 5.39. The summed E-state index contributed by atoms with van der Waals surface area (Å²) in [6.45, 7) is 6.39. The molecule has 0 spiro atoms. The van der Waals surface area contributed by atoms with E-state index >= 15 is 0 Å². The van der Waals surface area contributed by atoms with Gasteiger partial charge in [0.05, 0.1) is 6.61 Å². The molecule has 0 aliphatic rings. The van der Waals surface area contributed by atoms with Crippen LogP contribution in [0.15, 0.2) is 12.1 Å². The van der Waals surface area contributed by atoms with Crippen LogP contribution in [0.25, 0.3) is 0 Å². The van der Waals surface area contributed by atoms with Crippen molar-refractivity contribution in [1.29, 1.82) is 0 Å². The first-order valence-corrected chi connectivity index (χ1v) is 6.24. The van der Waals surface area contributed by atoms with E-state index in [2.05, 4.69) is 6.92 Å². The Hall–Kier alpha value is -1.09. The highest BCUT2D eigenvalue weighted by atomic mass is 19.1. The minimum atomic E-state index is -0.224. The fraction of sp³-hybridized carbons (Fsp3) is 0.571. The third-order valence-electron chi connectivity index (χ3n) is 2.79. The molecule has 1 aromatic carbocycles. The molecule has 1 aromatic rings. The maximum Gasteiger partial charge on any atom is 0.126 e. The highest BCUT2D eigenvalue weighted by Gasteiger charge is 2.11. The van der Waals surface area contributed by atoms with Gasteiger partial charge in [0.15, 0.2) is 0 Å². The monoisotopic (exact) mass is 239 g/mol. The molecule has 0 aromatic heterocycles. The van der Waals surface area contributed by atoms with Crippen molar-refractivity contribution in [2.45, 2.75) is 46.1 Å². The van der Waals surface area contributed by atoms with Gasteiger partial charge in [-0.1, -0.05) is 19.8 Å². The molecule has 0 fully saturated rings. The summed E-state index contributed by atoms with van der Waals surface area (Å²) in [5.41, 5.74) is 7.15. The Morgan fingerprint density at radius 3 is 2.65 bits per heavy atom. The second-order valence-corrected chi connectivity index (χ2v) is 4.48. The Bertz CT molecular complexity index is 363. The summed E-state index contributed by atoms with van der Waals surface area (Å²) in [4.78, 5) is 0. The normalized spacial score (nSPS) is 12.5. The van der Waals surface area contributed by atoms with Crippen LogP contribution in [0.2, 0.25) is 0 Å². The average molecular weight is 239 g/mol. The Balaban J connectivity index is 2.78. The lowest BCUT2D eigenvalue weighted by molar-refractivity contribution is 0.301. The molecule has 0 amide bonds. The van der Waals surface area contributed by atoms with Gasteiger partial charge in [0.2, 0.25) is 0 Å². The molecule has 96 valence electrons. The van der Waals surface area contributed by atoms with E-state index in [-0.39, 0.29) is 11.9 Å². The third-order valence-corrected chi connectivity index (χ3v) is 2.79. The van der Waals surface area contributed by atoms with Gasteiger partial charge in [-0.3, -0.25) is 0 Å². The Morgan fingerprint density at radius 1 is 1.35 bits per heavy atom. The lowest BCUT2D eigenvalue weighted by Gasteiger charge is -2.15. The van der Waals surface area contributed by atoms with Crippen LogP contribution in [-0.4, -0.2) is 6.61 Å². The van der Waals surface area contributed by atoms with Crippen molar-refractivity contribution in [1.82, 2.24) is 0 Å². The summed E-state index contributed by atoms with van der Waals surface area (Å²) in [6.07, 6.45) is 3.32. The molecule has 0 unspecified atom stereocenters. The van der Waals surface area contributed by atoms with E-state index in [9.17, 15) is 4.39 Å². The van der Waals surface area contributed by atoms with Gasteiger partial charge >= 0.3 is 0 Å². The summed E-state index contributed by atoms with van der Waals surface area (Å²) in [5, 5.41) is 0. The van der Waals surface area contributed by atoms with Crippen LogP contribution in [0.5, 0.6) is 5.75 Å². The van der Waals surface area contributed by atoms with Crippen LogP contribution >= 0.6 is 0 Å². The zero-order valence-electron chi connectivity index (χ0n) is 10.9. The van der Waals surface area contributed by atoms with E-state index in [0.717, 1.165) is 30.6 Å². The first-order valence-electron chi connectivity index (χ1n) is 6.24. The molecular formula is C14H22FNO. The fourth-order valence-corrected chi connectivity index (χ4v) is 1.69. The number of nitrogens with two attached hydrogens (primary N) is 1. The minimum absolute atomic E-state index is 0.216. The van der Waals surface area contributed by atoms with E-state index in [0.29, 0.717) is 12.2 Å². The molecule has 0 aliphatic heterocycles. The van der Waals surface area contributed by atoms with Gasteiger partial charge in [0, 0.05) is 11.6 Å². The molecule has 0 aliphatic carbocycles. The van der Waals surface area contributed by atoms with E-state index in [1.807, 2.05) is 6.92 Å². The minimum Gasteiger partial charge on any atom is -0.493 e. The van der Waals surface area contributed by atoms with Crippen molar-refractivity contribution in [2.75, 3.05) is 6.61 Å². The smallest absolute Gasteiger partial charge is 0.126 e. The quantitative estimate of drug-likeness (QED) is 0.768. The summed E-state index contributed by atoms with van der Waals surface area (Å²) in [6, 6.07) is 3.00. The van der Waals surface area contributed by atoms with Crippen LogP contribution in [0.4, 0.5) is 4.39 Å². The zero-order valence-corrected chi connectivity index (χ0v) is 10.9. The largest absolute Gasteiger partial charge is 0.493 e. The van der Waals surface area contributed by atoms with Crippen LogP contribution < -0.4 is 10.5 Å². The molecule has 1 rings (SSSR count). The summed E-state index contributed by atoms with van der Waals surface area (Å²) in [5.74, 6) is 0.494. The van der Waals surface area contributed by atoms with Crippen molar-refractivity contribution in [3.63, 3.8) is 0 Å². The van der Waals surface area contributed by atoms with Crippen LogP contribution in [-0.2, 0) is 0 Å². The van der Waals surface area contributed by atoms with Gasteiger partial charge in [-0.15, -0.1) is 0 Å². The maximum atomic E-state index is 13.5. The standard InChI is InChI=1S/C14H22FNO/c1-4-5-6-7-17-14-8-10(2)13(15)9-12(14)11(3)16/h8-9,11H,4-7,16H2,1-3H3/t11-/m0/s1.